The van der Waals surface area contributed by atoms with Crippen molar-refractivity contribution < 1.29 is 9.13 Å². The van der Waals surface area contributed by atoms with E-state index in [9.17, 15) is 4.39 Å². The lowest BCUT2D eigenvalue weighted by Crippen LogP contribution is -2.24. The number of thiazole rings is 1. The zero-order chi connectivity index (χ0) is 14.5. The monoisotopic (exact) mass is 294 g/mol. The lowest BCUT2D eigenvalue weighted by atomic mass is 10.0. The second-order valence-corrected chi connectivity index (χ2v) is 5.60. The van der Waals surface area contributed by atoms with Crippen LogP contribution >= 0.6 is 11.3 Å². The van der Waals surface area contributed by atoms with Gasteiger partial charge in [-0.3, -0.25) is 0 Å². The molecule has 0 saturated heterocycles. The first-order valence-corrected chi connectivity index (χ1v) is 7.50. The quantitative estimate of drug-likeness (QED) is 0.885. The molecule has 1 N–H and O–H groups in total. The van der Waals surface area contributed by atoms with E-state index >= 15 is 0 Å². The van der Waals surface area contributed by atoms with Crippen molar-refractivity contribution in [2.45, 2.75) is 26.3 Å². The van der Waals surface area contributed by atoms with Gasteiger partial charge in [-0.05, 0) is 19.5 Å². The molecule has 0 aliphatic carbocycles. The fourth-order valence-corrected chi connectivity index (χ4v) is 2.83. The highest BCUT2D eigenvalue weighted by atomic mass is 32.1. The molecule has 1 heterocycles. The third-order valence-electron chi connectivity index (χ3n) is 3.12. The van der Waals surface area contributed by atoms with Gasteiger partial charge < -0.3 is 10.1 Å². The van der Waals surface area contributed by atoms with Gasteiger partial charge in [0.05, 0.1) is 17.8 Å². The molecule has 0 aliphatic heterocycles. The highest BCUT2D eigenvalue weighted by Gasteiger charge is 2.19. The second kappa shape index (κ2) is 6.81. The molecule has 20 heavy (non-hydrogen) atoms. The normalized spacial score (nSPS) is 12.4. The molecule has 1 unspecified atom stereocenters. The van der Waals surface area contributed by atoms with Gasteiger partial charge in [0.1, 0.15) is 0 Å². The SMILES string of the molecule is CCNC(Cc1csc(C)n1)c1cccc(OC)c1F. The third-order valence-corrected chi connectivity index (χ3v) is 3.94. The molecular formula is C15H19FN2OS. The van der Waals surface area contributed by atoms with Gasteiger partial charge in [-0.1, -0.05) is 19.1 Å². The minimum atomic E-state index is -0.298. The van der Waals surface area contributed by atoms with E-state index in [1.165, 1.54) is 7.11 Å². The Bertz CT molecular complexity index is 571. The van der Waals surface area contributed by atoms with Crippen LogP contribution in [0.3, 0.4) is 0 Å². The number of ether oxygens (including phenoxy) is 1. The van der Waals surface area contributed by atoms with Crippen LogP contribution in [0.4, 0.5) is 4.39 Å². The van der Waals surface area contributed by atoms with E-state index in [1.807, 2.05) is 25.3 Å². The first-order chi connectivity index (χ1) is 9.65. The number of hydrogen-bond donors (Lipinski definition) is 1. The Balaban J connectivity index is 2.28. The zero-order valence-corrected chi connectivity index (χ0v) is 12.8. The topological polar surface area (TPSA) is 34.2 Å². The van der Waals surface area contributed by atoms with Gasteiger partial charge in [0.15, 0.2) is 11.6 Å². The number of rotatable bonds is 6. The van der Waals surface area contributed by atoms with Gasteiger partial charge in [-0.25, -0.2) is 9.37 Å². The standard InChI is InChI=1S/C15H19FN2OS/c1-4-17-13(8-11-9-20-10(2)18-11)12-6-5-7-14(19-3)15(12)16/h5-7,9,13,17H,4,8H2,1-3H3. The molecule has 0 fully saturated rings. The zero-order valence-electron chi connectivity index (χ0n) is 11.9. The highest BCUT2D eigenvalue weighted by Crippen LogP contribution is 2.27. The van der Waals surface area contributed by atoms with E-state index in [1.54, 1.807) is 23.5 Å². The second-order valence-electron chi connectivity index (χ2n) is 4.54. The molecular weight excluding hydrogens is 275 g/mol. The van der Waals surface area contributed by atoms with Crippen LogP contribution < -0.4 is 10.1 Å². The van der Waals surface area contributed by atoms with E-state index in [0.29, 0.717) is 12.0 Å². The molecule has 1 aromatic heterocycles. The molecule has 2 rings (SSSR count). The number of benzene rings is 1. The fourth-order valence-electron chi connectivity index (χ4n) is 2.20. The summed E-state index contributed by atoms with van der Waals surface area (Å²) < 4.78 is 19.4. The van der Waals surface area contributed by atoms with E-state index in [-0.39, 0.29) is 17.6 Å². The Hall–Kier alpha value is -1.46. The number of nitrogens with one attached hydrogen (secondary N) is 1. The molecule has 0 amide bonds. The number of aromatic nitrogens is 1. The predicted octanol–water partition coefficient (Wildman–Crippen LogP) is 3.49. The Labute approximate surface area is 122 Å². The Morgan fingerprint density at radius 2 is 2.25 bits per heavy atom. The lowest BCUT2D eigenvalue weighted by Gasteiger charge is -2.19. The molecule has 2 aromatic rings. The van der Waals surface area contributed by atoms with Crippen molar-refractivity contribution in [3.05, 3.63) is 45.7 Å². The van der Waals surface area contributed by atoms with Crippen molar-refractivity contribution in [2.75, 3.05) is 13.7 Å². The Kier molecular flexibility index (Phi) is 5.09. The molecule has 0 saturated carbocycles. The maximum Gasteiger partial charge on any atom is 0.169 e. The maximum atomic E-state index is 14.4. The van der Waals surface area contributed by atoms with E-state index in [4.69, 9.17) is 4.74 Å². The van der Waals surface area contributed by atoms with Crippen LogP contribution in [0.25, 0.3) is 0 Å². The highest BCUT2D eigenvalue weighted by molar-refractivity contribution is 7.09. The number of likely N-dealkylation sites (N-methyl/N-ethyl adjacent to an activating group) is 1. The average molecular weight is 294 g/mol. The van der Waals surface area contributed by atoms with Crippen LogP contribution in [0, 0.1) is 12.7 Å². The lowest BCUT2D eigenvalue weighted by molar-refractivity contribution is 0.379. The smallest absolute Gasteiger partial charge is 0.169 e. The summed E-state index contributed by atoms with van der Waals surface area (Å²) in [5.74, 6) is -0.0206. The van der Waals surface area contributed by atoms with Crippen molar-refractivity contribution in [2.24, 2.45) is 0 Å². The fraction of sp³-hybridized carbons (Fsp3) is 0.400. The first-order valence-electron chi connectivity index (χ1n) is 6.62. The maximum absolute atomic E-state index is 14.4. The summed E-state index contributed by atoms with van der Waals surface area (Å²) in [6, 6.07) is 5.14. The largest absolute Gasteiger partial charge is 0.494 e. The van der Waals surface area contributed by atoms with Gasteiger partial charge in [0.25, 0.3) is 0 Å². The van der Waals surface area contributed by atoms with Gasteiger partial charge in [0.2, 0.25) is 0 Å². The van der Waals surface area contributed by atoms with E-state index < -0.39 is 0 Å². The van der Waals surface area contributed by atoms with Crippen molar-refractivity contribution in [1.82, 2.24) is 10.3 Å². The predicted molar refractivity (Wildman–Crippen MR) is 79.9 cm³/mol. The van der Waals surface area contributed by atoms with Crippen LogP contribution in [0.15, 0.2) is 23.6 Å². The van der Waals surface area contributed by atoms with Crippen LogP contribution in [0.2, 0.25) is 0 Å². The summed E-state index contributed by atoms with van der Waals surface area (Å²) in [7, 11) is 1.48. The average Bonchev–Trinajstić information content (AvgIpc) is 2.84. The summed E-state index contributed by atoms with van der Waals surface area (Å²) in [6.07, 6.45) is 0.669. The van der Waals surface area contributed by atoms with Crippen LogP contribution in [-0.2, 0) is 6.42 Å². The molecule has 0 bridgehead atoms. The molecule has 3 nitrogen and oxygen atoms in total. The first kappa shape index (κ1) is 14.9. The molecule has 0 aliphatic rings. The van der Waals surface area contributed by atoms with E-state index in [0.717, 1.165) is 17.2 Å². The van der Waals surface area contributed by atoms with Gasteiger partial charge in [-0.15, -0.1) is 11.3 Å². The minimum Gasteiger partial charge on any atom is -0.494 e. The van der Waals surface area contributed by atoms with Crippen molar-refractivity contribution in [3.63, 3.8) is 0 Å². The molecule has 108 valence electrons. The molecule has 1 atom stereocenters. The van der Waals surface area contributed by atoms with Crippen LogP contribution in [0.5, 0.6) is 5.75 Å². The third kappa shape index (κ3) is 3.35. The molecule has 0 radical (unpaired) electrons. The van der Waals surface area contributed by atoms with Crippen molar-refractivity contribution >= 4 is 11.3 Å². The summed E-state index contributed by atoms with van der Waals surface area (Å²) in [5.41, 5.74) is 1.61. The minimum absolute atomic E-state index is 0.100. The molecule has 1 aromatic carbocycles. The summed E-state index contributed by atoms with van der Waals surface area (Å²) in [5, 5.41) is 6.37. The molecule has 0 spiro atoms. The van der Waals surface area contributed by atoms with Crippen molar-refractivity contribution in [1.29, 1.82) is 0 Å². The van der Waals surface area contributed by atoms with Gasteiger partial charge >= 0.3 is 0 Å². The van der Waals surface area contributed by atoms with Gasteiger partial charge in [-0.2, -0.15) is 0 Å². The Morgan fingerprint density at radius 3 is 2.85 bits per heavy atom. The number of nitrogens with zero attached hydrogens (tertiary/aromatic N) is 1. The van der Waals surface area contributed by atoms with Gasteiger partial charge in [0, 0.05) is 23.4 Å². The summed E-state index contributed by atoms with van der Waals surface area (Å²) in [6.45, 7) is 4.75. The number of methoxy groups -OCH3 is 1. The van der Waals surface area contributed by atoms with Crippen LogP contribution in [-0.4, -0.2) is 18.6 Å². The summed E-state index contributed by atoms with van der Waals surface area (Å²) >= 11 is 1.61. The number of hydrogen-bond acceptors (Lipinski definition) is 4. The number of aryl methyl sites for hydroxylation is 1. The Morgan fingerprint density at radius 1 is 1.45 bits per heavy atom. The van der Waals surface area contributed by atoms with Crippen molar-refractivity contribution in [3.8, 4) is 5.75 Å². The van der Waals surface area contributed by atoms with Crippen LogP contribution in [0.1, 0.15) is 29.2 Å². The number of halogens is 1. The summed E-state index contributed by atoms with van der Waals surface area (Å²) in [4.78, 5) is 4.46. The molecule has 5 heteroatoms. The van der Waals surface area contributed by atoms with E-state index in [2.05, 4.69) is 10.3 Å².